The molecule has 4 nitrogen and oxygen atoms in total. The average Bonchev–Trinajstić information content (AvgIpc) is 3.37. The standard InChI is InChI=1S/C22H25N3OS2/c1-15-17-9-13-27-19(17)8-12-25(15)14-21(26)24-10-6-16(7-11-24)22-23-18-4-2-3-5-20(18)28-22/h2-5,9,13,15-16H,6-8,10-12,14H2,1H3/p+1/t15-/m1/s1. The first-order chi connectivity index (χ1) is 13.7. The molecule has 4 heterocycles. The van der Waals surface area contributed by atoms with Crippen molar-refractivity contribution in [2.24, 2.45) is 0 Å². The lowest BCUT2D eigenvalue weighted by Crippen LogP contribution is -3.14. The van der Waals surface area contributed by atoms with Crippen LogP contribution >= 0.6 is 22.7 Å². The van der Waals surface area contributed by atoms with E-state index in [0.29, 0.717) is 24.4 Å². The van der Waals surface area contributed by atoms with Gasteiger partial charge in [0.2, 0.25) is 0 Å². The molecule has 2 atom stereocenters. The molecular weight excluding hydrogens is 386 g/mol. The van der Waals surface area contributed by atoms with Crippen molar-refractivity contribution in [3.8, 4) is 0 Å². The van der Waals surface area contributed by atoms with Gasteiger partial charge in [0.25, 0.3) is 5.91 Å². The van der Waals surface area contributed by atoms with Crippen molar-refractivity contribution in [3.05, 3.63) is 51.2 Å². The summed E-state index contributed by atoms with van der Waals surface area (Å²) in [6, 6.07) is 11.0. The van der Waals surface area contributed by atoms with E-state index in [4.69, 9.17) is 4.98 Å². The summed E-state index contributed by atoms with van der Waals surface area (Å²) in [5.74, 6) is 0.819. The Morgan fingerprint density at radius 3 is 2.89 bits per heavy atom. The van der Waals surface area contributed by atoms with E-state index < -0.39 is 0 Å². The lowest BCUT2D eigenvalue weighted by Gasteiger charge is -2.34. The number of hydrogen-bond acceptors (Lipinski definition) is 4. The molecule has 0 bridgehead atoms. The number of benzene rings is 1. The fourth-order valence-corrected chi connectivity index (χ4v) is 6.75. The number of hydrogen-bond donors (Lipinski definition) is 1. The van der Waals surface area contributed by atoms with Crippen LogP contribution in [-0.4, -0.2) is 42.0 Å². The van der Waals surface area contributed by atoms with Gasteiger partial charge in [0, 0.05) is 35.9 Å². The number of likely N-dealkylation sites (tertiary alicyclic amines) is 1. The quantitative estimate of drug-likeness (QED) is 0.717. The second-order valence-electron chi connectivity index (χ2n) is 8.03. The van der Waals surface area contributed by atoms with Gasteiger partial charge in [-0.15, -0.1) is 22.7 Å². The molecular formula is C22H26N3OS2+. The third-order valence-electron chi connectivity index (χ3n) is 6.42. The van der Waals surface area contributed by atoms with Gasteiger partial charge in [0.1, 0.15) is 6.04 Å². The molecule has 3 aromatic rings. The van der Waals surface area contributed by atoms with E-state index in [1.165, 1.54) is 25.0 Å². The Labute approximate surface area is 173 Å². The molecule has 0 radical (unpaired) electrons. The van der Waals surface area contributed by atoms with Crippen molar-refractivity contribution in [1.82, 2.24) is 9.88 Å². The molecule has 1 amide bonds. The molecule has 146 valence electrons. The van der Waals surface area contributed by atoms with E-state index >= 15 is 0 Å². The summed E-state index contributed by atoms with van der Waals surface area (Å²) in [6.45, 7) is 5.70. The number of carbonyl (C=O) groups excluding carboxylic acids is 1. The van der Waals surface area contributed by atoms with E-state index in [2.05, 4.69) is 47.5 Å². The van der Waals surface area contributed by atoms with Crippen LogP contribution in [0.25, 0.3) is 10.2 Å². The fourth-order valence-electron chi connectivity index (χ4n) is 4.64. The number of nitrogens with one attached hydrogen (secondary N) is 1. The summed E-state index contributed by atoms with van der Waals surface area (Å²) < 4.78 is 1.27. The number of piperidine rings is 1. The van der Waals surface area contributed by atoms with Gasteiger partial charge in [-0.3, -0.25) is 4.79 Å². The molecule has 28 heavy (non-hydrogen) atoms. The minimum absolute atomic E-state index is 0.322. The van der Waals surface area contributed by atoms with Crippen LogP contribution in [0.3, 0.4) is 0 Å². The van der Waals surface area contributed by atoms with Gasteiger partial charge in [-0.2, -0.15) is 0 Å². The van der Waals surface area contributed by atoms with Crippen LogP contribution in [0.5, 0.6) is 0 Å². The monoisotopic (exact) mass is 412 g/mol. The predicted octanol–water partition coefficient (Wildman–Crippen LogP) is 3.27. The van der Waals surface area contributed by atoms with Crippen molar-refractivity contribution in [2.75, 3.05) is 26.2 Å². The molecule has 0 spiro atoms. The number of thiazole rings is 1. The molecule has 2 aromatic heterocycles. The minimum atomic E-state index is 0.322. The predicted molar refractivity (Wildman–Crippen MR) is 115 cm³/mol. The Hall–Kier alpha value is -1.76. The molecule has 1 aromatic carbocycles. The average molecular weight is 413 g/mol. The number of thiophene rings is 1. The Morgan fingerprint density at radius 1 is 1.25 bits per heavy atom. The maximum atomic E-state index is 12.9. The van der Waals surface area contributed by atoms with Gasteiger partial charge in [-0.05, 0) is 43.3 Å². The molecule has 6 heteroatoms. The normalized spacial score (nSPS) is 23.1. The van der Waals surface area contributed by atoms with E-state index in [1.54, 1.807) is 0 Å². The van der Waals surface area contributed by atoms with Crippen LogP contribution < -0.4 is 4.90 Å². The van der Waals surface area contributed by atoms with Crippen LogP contribution in [-0.2, 0) is 11.2 Å². The molecule has 1 N–H and O–H groups in total. The van der Waals surface area contributed by atoms with E-state index in [-0.39, 0.29) is 0 Å². The van der Waals surface area contributed by atoms with Gasteiger partial charge in [0.15, 0.2) is 6.54 Å². The highest BCUT2D eigenvalue weighted by Crippen LogP contribution is 2.33. The van der Waals surface area contributed by atoms with Crippen molar-refractivity contribution in [3.63, 3.8) is 0 Å². The number of para-hydroxylation sites is 1. The highest BCUT2D eigenvalue weighted by molar-refractivity contribution is 7.18. The third-order valence-corrected chi connectivity index (χ3v) is 8.61. The Bertz CT molecular complexity index is 954. The summed E-state index contributed by atoms with van der Waals surface area (Å²) in [6.07, 6.45) is 3.18. The third kappa shape index (κ3) is 3.38. The first kappa shape index (κ1) is 18.3. The highest BCUT2D eigenvalue weighted by Gasteiger charge is 2.32. The van der Waals surface area contributed by atoms with Crippen LogP contribution in [0, 0.1) is 0 Å². The Balaban J connectivity index is 1.19. The first-order valence-corrected chi connectivity index (χ1v) is 11.9. The molecule has 2 aliphatic heterocycles. The molecule has 2 aliphatic rings. The number of aromatic nitrogens is 1. The van der Waals surface area contributed by atoms with Gasteiger partial charge >= 0.3 is 0 Å². The maximum absolute atomic E-state index is 12.9. The number of fused-ring (bicyclic) bond motifs is 2. The van der Waals surface area contributed by atoms with Crippen molar-refractivity contribution in [2.45, 2.75) is 38.1 Å². The van der Waals surface area contributed by atoms with Crippen LogP contribution in [0.15, 0.2) is 35.7 Å². The summed E-state index contributed by atoms with van der Waals surface area (Å²) in [4.78, 5) is 22.8. The van der Waals surface area contributed by atoms with E-state index in [0.717, 1.165) is 44.4 Å². The van der Waals surface area contributed by atoms with Crippen molar-refractivity contribution in [1.29, 1.82) is 0 Å². The van der Waals surface area contributed by atoms with E-state index in [1.807, 2.05) is 22.7 Å². The zero-order valence-corrected chi connectivity index (χ0v) is 17.8. The highest BCUT2D eigenvalue weighted by atomic mass is 32.1. The van der Waals surface area contributed by atoms with Crippen LogP contribution in [0.4, 0.5) is 0 Å². The smallest absolute Gasteiger partial charge is 0.277 e. The van der Waals surface area contributed by atoms with Crippen molar-refractivity contribution >= 4 is 38.8 Å². The Morgan fingerprint density at radius 2 is 2.07 bits per heavy atom. The molecule has 5 rings (SSSR count). The zero-order chi connectivity index (χ0) is 19.1. The summed E-state index contributed by atoms with van der Waals surface area (Å²) in [5, 5.41) is 3.44. The Kier molecular flexibility index (Phi) is 4.95. The van der Waals surface area contributed by atoms with Gasteiger partial charge < -0.3 is 9.80 Å². The number of nitrogens with zero attached hydrogens (tertiary/aromatic N) is 2. The molecule has 0 saturated carbocycles. The van der Waals surface area contributed by atoms with Crippen LogP contribution in [0.2, 0.25) is 0 Å². The molecule has 0 aliphatic carbocycles. The number of amides is 1. The molecule has 1 fully saturated rings. The zero-order valence-electron chi connectivity index (χ0n) is 16.2. The van der Waals surface area contributed by atoms with Gasteiger partial charge in [-0.1, -0.05) is 12.1 Å². The second-order valence-corrected chi connectivity index (χ2v) is 10.1. The number of carbonyl (C=O) groups is 1. The summed E-state index contributed by atoms with van der Waals surface area (Å²) >= 11 is 3.68. The summed E-state index contributed by atoms with van der Waals surface area (Å²) in [5.41, 5.74) is 2.56. The van der Waals surface area contributed by atoms with Crippen molar-refractivity contribution < 1.29 is 9.69 Å². The molecule has 1 saturated heterocycles. The first-order valence-electron chi connectivity index (χ1n) is 10.2. The largest absolute Gasteiger partial charge is 0.338 e. The van der Waals surface area contributed by atoms with Gasteiger partial charge in [-0.25, -0.2) is 4.98 Å². The summed E-state index contributed by atoms with van der Waals surface area (Å²) in [7, 11) is 0. The van der Waals surface area contributed by atoms with Crippen LogP contribution in [0.1, 0.15) is 47.2 Å². The van der Waals surface area contributed by atoms with Gasteiger partial charge in [0.05, 0.1) is 21.8 Å². The van der Waals surface area contributed by atoms with E-state index in [9.17, 15) is 4.79 Å². The maximum Gasteiger partial charge on any atom is 0.277 e. The minimum Gasteiger partial charge on any atom is -0.338 e. The topological polar surface area (TPSA) is 37.6 Å². The lowest BCUT2D eigenvalue weighted by molar-refractivity contribution is -0.924. The second kappa shape index (κ2) is 7.58. The number of rotatable bonds is 3. The molecule has 1 unspecified atom stereocenters. The number of quaternary nitrogens is 1. The SMILES string of the molecule is C[C@@H]1c2ccsc2CC[NH+]1CC(=O)N1CCC(c2nc3ccccc3s2)CC1. The fraction of sp³-hybridized carbons (Fsp3) is 0.455. The lowest BCUT2D eigenvalue weighted by atomic mass is 9.97.